The van der Waals surface area contributed by atoms with Gasteiger partial charge in [-0.1, -0.05) is 11.6 Å². The zero-order valence-corrected chi connectivity index (χ0v) is 7.17. The third-order valence-corrected chi connectivity index (χ3v) is 1.89. The quantitative estimate of drug-likeness (QED) is 0.732. The lowest BCUT2D eigenvalue weighted by molar-refractivity contribution is 0.0696. The fourth-order valence-electron chi connectivity index (χ4n) is 1.09. The molecule has 2 rings (SSSR count). The summed E-state index contributed by atoms with van der Waals surface area (Å²) in [5.74, 6) is -1.000. The Bertz CT molecular complexity index is 478. The van der Waals surface area contributed by atoms with Crippen LogP contribution in [0.3, 0.4) is 0 Å². The number of carboxylic acids is 1. The molecule has 0 aliphatic rings. The number of aromatic carboxylic acids is 1. The molecule has 0 aromatic carbocycles. The van der Waals surface area contributed by atoms with Crippen LogP contribution in [0.2, 0.25) is 5.15 Å². The summed E-state index contributed by atoms with van der Waals surface area (Å²) in [5.41, 5.74) is 1.44. The number of carboxylic acid groups (broad SMARTS) is 1. The number of carbonyl (C=O) groups is 1. The number of nitrogens with one attached hydrogen (secondary N) is 1. The number of halogens is 1. The number of rotatable bonds is 1. The van der Waals surface area contributed by atoms with E-state index in [4.69, 9.17) is 16.7 Å². The highest BCUT2D eigenvalue weighted by Crippen LogP contribution is 2.17. The van der Waals surface area contributed by atoms with Gasteiger partial charge in [0.05, 0.1) is 16.6 Å². The molecule has 0 saturated heterocycles. The van der Waals surface area contributed by atoms with Crippen LogP contribution in [0.5, 0.6) is 0 Å². The monoisotopic (exact) mass is 196 g/mol. The third kappa shape index (κ3) is 1.36. The highest BCUT2D eigenvalue weighted by atomic mass is 35.5. The van der Waals surface area contributed by atoms with E-state index in [9.17, 15) is 4.79 Å². The number of aromatic amines is 1. The molecule has 0 amide bonds. The van der Waals surface area contributed by atoms with Gasteiger partial charge in [-0.3, -0.25) is 4.98 Å². The van der Waals surface area contributed by atoms with Gasteiger partial charge in [-0.25, -0.2) is 4.79 Å². The Morgan fingerprint density at radius 3 is 3.00 bits per heavy atom. The molecule has 0 unspecified atom stereocenters. The lowest BCUT2D eigenvalue weighted by Crippen LogP contribution is -1.96. The van der Waals surface area contributed by atoms with Crippen LogP contribution in [0.15, 0.2) is 18.3 Å². The molecular weight excluding hydrogens is 192 g/mol. The van der Waals surface area contributed by atoms with Crippen LogP contribution in [0.1, 0.15) is 10.4 Å². The molecule has 0 aliphatic heterocycles. The normalized spacial score (nSPS) is 10.5. The first-order chi connectivity index (χ1) is 6.16. The van der Waals surface area contributed by atoms with E-state index in [0.717, 1.165) is 0 Å². The van der Waals surface area contributed by atoms with Gasteiger partial charge < -0.3 is 10.1 Å². The standard InChI is InChI=1S/C8H5ClN2O2/c9-7-2-5-6(11-7)1-4(3-10-5)8(12)13/h1-3,11H,(H,12,13). The highest BCUT2D eigenvalue weighted by molar-refractivity contribution is 6.30. The molecule has 2 N–H and O–H groups in total. The Morgan fingerprint density at radius 1 is 1.54 bits per heavy atom. The van der Waals surface area contributed by atoms with Gasteiger partial charge in [-0.15, -0.1) is 0 Å². The first kappa shape index (κ1) is 8.07. The van der Waals surface area contributed by atoms with E-state index in [2.05, 4.69) is 9.97 Å². The van der Waals surface area contributed by atoms with Crippen molar-refractivity contribution in [2.75, 3.05) is 0 Å². The zero-order chi connectivity index (χ0) is 9.42. The van der Waals surface area contributed by atoms with E-state index >= 15 is 0 Å². The van der Waals surface area contributed by atoms with Crippen LogP contribution >= 0.6 is 11.6 Å². The number of hydrogen-bond acceptors (Lipinski definition) is 2. The second kappa shape index (κ2) is 2.74. The lowest BCUT2D eigenvalue weighted by Gasteiger charge is -1.92. The van der Waals surface area contributed by atoms with Crippen LogP contribution in [0, 0.1) is 0 Å². The first-order valence-electron chi connectivity index (χ1n) is 3.54. The minimum atomic E-state index is -1.000. The summed E-state index contributed by atoms with van der Waals surface area (Å²) in [5, 5.41) is 9.11. The second-order valence-corrected chi connectivity index (χ2v) is 2.99. The largest absolute Gasteiger partial charge is 0.478 e. The van der Waals surface area contributed by atoms with Crippen LogP contribution in [-0.4, -0.2) is 21.0 Å². The van der Waals surface area contributed by atoms with Crippen molar-refractivity contribution < 1.29 is 9.90 Å². The highest BCUT2D eigenvalue weighted by Gasteiger charge is 2.06. The van der Waals surface area contributed by atoms with Crippen molar-refractivity contribution >= 4 is 28.6 Å². The van der Waals surface area contributed by atoms with Crippen molar-refractivity contribution in [3.05, 3.63) is 29.0 Å². The Balaban J connectivity index is 2.67. The molecule has 0 radical (unpaired) electrons. The Labute approximate surface area is 78.2 Å². The fraction of sp³-hybridized carbons (Fsp3) is 0. The first-order valence-corrected chi connectivity index (χ1v) is 3.92. The maximum absolute atomic E-state index is 10.6. The number of H-pyrrole nitrogens is 1. The third-order valence-electron chi connectivity index (χ3n) is 1.68. The van der Waals surface area contributed by atoms with Crippen molar-refractivity contribution in [2.24, 2.45) is 0 Å². The molecule has 5 heteroatoms. The van der Waals surface area contributed by atoms with E-state index in [0.29, 0.717) is 16.2 Å². The van der Waals surface area contributed by atoms with E-state index in [1.807, 2.05) is 0 Å². The molecule has 0 atom stereocenters. The topological polar surface area (TPSA) is 66.0 Å². The van der Waals surface area contributed by atoms with E-state index < -0.39 is 5.97 Å². The number of aromatic nitrogens is 2. The minimum Gasteiger partial charge on any atom is -0.478 e. The predicted octanol–water partition coefficient (Wildman–Crippen LogP) is 1.91. The molecule has 2 aromatic rings. The maximum atomic E-state index is 10.6. The number of fused-ring (bicyclic) bond motifs is 1. The van der Waals surface area contributed by atoms with Crippen molar-refractivity contribution in [2.45, 2.75) is 0 Å². The summed E-state index contributed by atoms with van der Waals surface area (Å²) < 4.78 is 0. The number of pyridine rings is 1. The Morgan fingerprint density at radius 2 is 2.31 bits per heavy atom. The SMILES string of the molecule is O=C(O)c1cnc2cc(Cl)[nH]c2c1. The summed E-state index contributed by atoms with van der Waals surface area (Å²) in [4.78, 5) is 17.3. The molecule has 2 heterocycles. The van der Waals surface area contributed by atoms with Crippen LogP contribution < -0.4 is 0 Å². The average Bonchev–Trinajstić information content (AvgIpc) is 2.42. The van der Waals surface area contributed by atoms with Gasteiger partial charge in [0, 0.05) is 12.3 Å². The molecule has 66 valence electrons. The average molecular weight is 197 g/mol. The number of hydrogen-bond donors (Lipinski definition) is 2. The molecule has 13 heavy (non-hydrogen) atoms. The van der Waals surface area contributed by atoms with Crippen molar-refractivity contribution in [3.8, 4) is 0 Å². The van der Waals surface area contributed by atoms with E-state index in [1.54, 1.807) is 6.07 Å². The van der Waals surface area contributed by atoms with Crippen LogP contribution in [-0.2, 0) is 0 Å². The van der Waals surface area contributed by atoms with Gasteiger partial charge in [0.1, 0.15) is 5.15 Å². The van der Waals surface area contributed by atoms with Crippen LogP contribution in [0.25, 0.3) is 11.0 Å². The molecule has 0 bridgehead atoms. The van der Waals surface area contributed by atoms with E-state index in [1.165, 1.54) is 12.3 Å². The molecule has 0 spiro atoms. The van der Waals surface area contributed by atoms with Gasteiger partial charge in [0.2, 0.25) is 0 Å². The summed E-state index contributed by atoms with van der Waals surface area (Å²) in [6.45, 7) is 0. The lowest BCUT2D eigenvalue weighted by atomic mass is 10.2. The predicted molar refractivity (Wildman–Crippen MR) is 48.1 cm³/mol. The summed E-state index contributed by atoms with van der Waals surface area (Å²) >= 11 is 5.67. The van der Waals surface area contributed by atoms with Crippen molar-refractivity contribution in [1.29, 1.82) is 0 Å². The minimum absolute atomic E-state index is 0.144. The van der Waals surface area contributed by atoms with Gasteiger partial charge >= 0.3 is 5.97 Å². The molecule has 2 aromatic heterocycles. The fourth-order valence-corrected chi connectivity index (χ4v) is 1.30. The Kier molecular flexibility index (Phi) is 1.70. The van der Waals surface area contributed by atoms with Gasteiger partial charge in [0.25, 0.3) is 0 Å². The maximum Gasteiger partial charge on any atom is 0.337 e. The zero-order valence-electron chi connectivity index (χ0n) is 6.41. The molecular formula is C8H5ClN2O2. The smallest absolute Gasteiger partial charge is 0.337 e. The second-order valence-electron chi connectivity index (χ2n) is 2.58. The van der Waals surface area contributed by atoms with E-state index in [-0.39, 0.29) is 5.56 Å². The summed E-state index contributed by atoms with van der Waals surface area (Å²) in [6.07, 6.45) is 1.30. The molecule has 0 saturated carbocycles. The number of nitrogens with zero attached hydrogens (tertiary/aromatic N) is 1. The summed E-state index contributed by atoms with van der Waals surface area (Å²) in [7, 11) is 0. The van der Waals surface area contributed by atoms with Crippen molar-refractivity contribution in [1.82, 2.24) is 9.97 Å². The molecule has 0 fully saturated rings. The Hall–Kier alpha value is -1.55. The molecule has 0 aliphatic carbocycles. The summed E-state index contributed by atoms with van der Waals surface area (Å²) in [6, 6.07) is 3.14. The van der Waals surface area contributed by atoms with Crippen molar-refractivity contribution in [3.63, 3.8) is 0 Å². The van der Waals surface area contributed by atoms with Gasteiger partial charge in [-0.05, 0) is 6.07 Å². The van der Waals surface area contributed by atoms with Gasteiger partial charge in [-0.2, -0.15) is 0 Å². The molecule has 4 nitrogen and oxygen atoms in total. The van der Waals surface area contributed by atoms with Gasteiger partial charge in [0.15, 0.2) is 0 Å². The van der Waals surface area contributed by atoms with Crippen LogP contribution in [0.4, 0.5) is 0 Å².